The summed E-state index contributed by atoms with van der Waals surface area (Å²) < 4.78 is 7.43. The molecule has 0 radical (unpaired) electrons. The average Bonchev–Trinajstić information content (AvgIpc) is 3.06. The molecule has 0 spiro atoms. The number of nitrogens with one attached hydrogen (secondary N) is 1. The Labute approximate surface area is 154 Å². The van der Waals surface area contributed by atoms with Gasteiger partial charge in [-0.2, -0.15) is 0 Å². The molecule has 0 unspecified atom stereocenters. The van der Waals surface area contributed by atoms with Crippen molar-refractivity contribution in [3.63, 3.8) is 0 Å². The standard InChI is InChI=1S/C21H27N3O2/c1-14-20(15-10-12-24(14)13-11-15)22-21(25)18-9-8-17(23(18)2)16-6-4-5-7-19(16)26-3/h4-9,14-15,20H,10-13H2,1-3H3,(H,22,25)/t14-,20-/m0/s1. The van der Waals surface area contributed by atoms with Gasteiger partial charge in [-0.3, -0.25) is 9.69 Å². The van der Waals surface area contributed by atoms with E-state index in [-0.39, 0.29) is 11.9 Å². The SMILES string of the molecule is COc1ccccc1-c1ccc(C(=O)N[C@@H]2C3CCN(CC3)[C@H]2C)n1C. The Hall–Kier alpha value is -2.27. The fraction of sp³-hybridized carbons (Fsp3) is 0.476. The van der Waals surface area contributed by atoms with Gasteiger partial charge in [-0.25, -0.2) is 0 Å². The number of rotatable bonds is 4. The number of benzene rings is 1. The molecular weight excluding hydrogens is 326 g/mol. The molecule has 2 bridgehead atoms. The summed E-state index contributed by atoms with van der Waals surface area (Å²) in [5, 5.41) is 3.32. The fourth-order valence-electron chi connectivity index (χ4n) is 4.64. The number of amides is 1. The third kappa shape index (κ3) is 2.80. The van der Waals surface area contributed by atoms with Crippen LogP contribution in [-0.2, 0) is 7.05 Å². The Morgan fingerprint density at radius 1 is 1.15 bits per heavy atom. The lowest BCUT2D eigenvalue weighted by Gasteiger charge is -2.49. The summed E-state index contributed by atoms with van der Waals surface area (Å²) in [6.07, 6.45) is 2.38. The molecule has 2 atom stereocenters. The van der Waals surface area contributed by atoms with Gasteiger partial charge in [-0.15, -0.1) is 0 Å². The van der Waals surface area contributed by atoms with Gasteiger partial charge in [0.05, 0.1) is 12.8 Å². The molecule has 1 N–H and O–H groups in total. The number of ether oxygens (including phenoxy) is 1. The molecule has 1 aromatic carbocycles. The van der Waals surface area contributed by atoms with Crippen molar-refractivity contribution < 1.29 is 9.53 Å². The minimum atomic E-state index is 0.0132. The number of methoxy groups -OCH3 is 1. The van der Waals surface area contributed by atoms with Crippen LogP contribution in [0.15, 0.2) is 36.4 Å². The molecule has 0 saturated carbocycles. The maximum Gasteiger partial charge on any atom is 0.268 e. The Morgan fingerprint density at radius 2 is 1.88 bits per heavy atom. The van der Waals surface area contributed by atoms with Crippen LogP contribution in [0.3, 0.4) is 0 Å². The fourth-order valence-corrected chi connectivity index (χ4v) is 4.64. The van der Waals surface area contributed by atoms with Crippen molar-refractivity contribution in [2.45, 2.75) is 31.8 Å². The minimum absolute atomic E-state index is 0.0132. The molecule has 5 rings (SSSR count). The minimum Gasteiger partial charge on any atom is -0.496 e. The van der Waals surface area contributed by atoms with E-state index in [0.717, 1.165) is 17.0 Å². The number of piperidine rings is 3. The molecule has 5 nitrogen and oxygen atoms in total. The molecule has 4 heterocycles. The summed E-state index contributed by atoms with van der Waals surface area (Å²) in [6.45, 7) is 4.57. The molecule has 138 valence electrons. The normalized spacial score (nSPS) is 27.3. The highest BCUT2D eigenvalue weighted by atomic mass is 16.5. The molecule has 0 aliphatic carbocycles. The summed E-state index contributed by atoms with van der Waals surface area (Å²) in [6, 6.07) is 12.5. The van der Waals surface area contributed by atoms with Gasteiger partial charge in [0.1, 0.15) is 11.4 Å². The number of carbonyl (C=O) groups excluding carboxylic acids is 1. The number of hydrogen-bond donors (Lipinski definition) is 1. The zero-order valence-corrected chi connectivity index (χ0v) is 15.7. The highest BCUT2D eigenvalue weighted by Gasteiger charge is 2.40. The first kappa shape index (κ1) is 17.2. The molecule has 1 aromatic heterocycles. The van der Waals surface area contributed by atoms with Crippen LogP contribution >= 0.6 is 0 Å². The highest BCUT2D eigenvalue weighted by Crippen LogP contribution is 2.33. The van der Waals surface area contributed by atoms with Crippen LogP contribution in [0.4, 0.5) is 0 Å². The van der Waals surface area contributed by atoms with Crippen molar-refractivity contribution in [2.75, 3.05) is 20.2 Å². The van der Waals surface area contributed by atoms with Crippen molar-refractivity contribution in [3.8, 4) is 17.0 Å². The lowest BCUT2D eigenvalue weighted by atomic mass is 9.79. The number of carbonyl (C=O) groups is 1. The van der Waals surface area contributed by atoms with Crippen LogP contribution < -0.4 is 10.1 Å². The van der Waals surface area contributed by atoms with E-state index < -0.39 is 0 Å². The van der Waals surface area contributed by atoms with E-state index in [2.05, 4.69) is 17.1 Å². The van der Waals surface area contributed by atoms with Crippen molar-refractivity contribution >= 4 is 5.91 Å². The van der Waals surface area contributed by atoms with Crippen molar-refractivity contribution in [1.29, 1.82) is 0 Å². The molecule has 2 aromatic rings. The zero-order valence-electron chi connectivity index (χ0n) is 15.7. The van der Waals surface area contributed by atoms with Gasteiger partial charge in [0.2, 0.25) is 0 Å². The first-order valence-corrected chi connectivity index (χ1v) is 9.44. The van der Waals surface area contributed by atoms with Gasteiger partial charge in [-0.1, -0.05) is 12.1 Å². The van der Waals surface area contributed by atoms with E-state index in [0.29, 0.717) is 17.7 Å². The molecule has 3 aliphatic rings. The third-order valence-corrected chi connectivity index (χ3v) is 6.21. The summed E-state index contributed by atoms with van der Waals surface area (Å²) >= 11 is 0. The Morgan fingerprint density at radius 3 is 2.58 bits per heavy atom. The van der Waals surface area contributed by atoms with Gasteiger partial charge in [0.15, 0.2) is 0 Å². The summed E-state index contributed by atoms with van der Waals surface area (Å²) in [5.74, 6) is 1.43. The van der Waals surface area contributed by atoms with Crippen LogP contribution in [0.1, 0.15) is 30.3 Å². The van der Waals surface area contributed by atoms with E-state index in [9.17, 15) is 4.79 Å². The predicted molar refractivity (Wildman–Crippen MR) is 102 cm³/mol. The van der Waals surface area contributed by atoms with Crippen molar-refractivity contribution in [3.05, 3.63) is 42.1 Å². The van der Waals surface area contributed by atoms with Crippen molar-refractivity contribution in [1.82, 2.24) is 14.8 Å². The second-order valence-corrected chi connectivity index (χ2v) is 7.48. The van der Waals surface area contributed by atoms with Crippen LogP contribution in [0.5, 0.6) is 5.75 Å². The highest BCUT2D eigenvalue weighted by molar-refractivity contribution is 5.94. The molecular formula is C21H27N3O2. The Balaban J connectivity index is 1.57. The number of hydrogen-bond acceptors (Lipinski definition) is 3. The van der Waals surface area contributed by atoms with E-state index in [1.165, 1.54) is 25.9 Å². The number of fused-ring (bicyclic) bond motifs is 3. The molecule has 1 amide bonds. The second-order valence-electron chi connectivity index (χ2n) is 7.48. The van der Waals surface area contributed by atoms with Gasteiger partial charge < -0.3 is 14.6 Å². The van der Waals surface area contributed by atoms with E-state index in [1.807, 2.05) is 48.0 Å². The molecule has 26 heavy (non-hydrogen) atoms. The van der Waals surface area contributed by atoms with Gasteiger partial charge >= 0.3 is 0 Å². The van der Waals surface area contributed by atoms with Gasteiger partial charge in [-0.05, 0) is 63.0 Å². The van der Waals surface area contributed by atoms with Crippen LogP contribution in [0, 0.1) is 5.92 Å². The van der Waals surface area contributed by atoms with E-state index in [1.54, 1.807) is 7.11 Å². The van der Waals surface area contributed by atoms with E-state index >= 15 is 0 Å². The molecule has 5 heteroatoms. The largest absolute Gasteiger partial charge is 0.496 e. The number of para-hydroxylation sites is 1. The maximum atomic E-state index is 13.0. The summed E-state index contributed by atoms with van der Waals surface area (Å²) in [7, 11) is 3.61. The van der Waals surface area contributed by atoms with Crippen LogP contribution in [0.25, 0.3) is 11.3 Å². The lowest BCUT2D eigenvalue weighted by molar-refractivity contribution is 0.0215. The first-order valence-electron chi connectivity index (χ1n) is 9.44. The monoisotopic (exact) mass is 353 g/mol. The van der Waals surface area contributed by atoms with Crippen LogP contribution in [0.2, 0.25) is 0 Å². The molecule has 3 saturated heterocycles. The lowest BCUT2D eigenvalue weighted by Crippen LogP contribution is -2.62. The smallest absolute Gasteiger partial charge is 0.268 e. The van der Waals surface area contributed by atoms with Crippen molar-refractivity contribution in [2.24, 2.45) is 13.0 Å². The molecule has 3 fully saturated rings. The topological polar surface area (TPSA) is 46.5 Å². The molecule has 3 aliphatic heterocycles. The number of nitrogens with zero attached hydrogens (tertiary/aromatic N) is 2. The summed E-state index contributed by atoms with van der Waals surface area (Å²) in [5.41, 5.74) is 2.66. The Bertz CT molecular complexity index is 803. The summed E-state index contributed by atoms with van der Waals surface area (Å²) in [4.78, 5) is 15.5. The quantitative estimate of drug-likeness (QED) is 0.919. The van der Waals surface area contributed by atoms with Gasteiger partial charge in [0, 0.05) is 24.7 Å². The Kier molecular flexibility index (Phi) is 4.49. The average molecular weight is 353 g/mol. The third-order valence-electron chi connectivity index (χ3n) is 6.21. The maximum absolute atomic E-state index is 13.0. The van der Waals surface area contributed by atoms with Gasteiger partial charge in [0.25, 0.3) is 5.91 Å². The predicted octanol–water partition coefficient (Wildman–Crippen LogP) is 2.91. The number of aromatic nitrogens is 1. The second kappa shape index (κ2) is 6.80. The zero-order chi connectivity index (χ0) is 18.3. The van der Waals surface area contributed by atoms with E-state index in [4.69, 9.17) is 4.74 Å². The first-order chi connectivity index (χ1) is 12.6. The van der Waals surface area contributed by atoms with Crippen LogP contribution in [-0.4, -0.2) is 47.7 Å².